The van der Waals surface area contributed by atoms with Gasteiger partial charge in [-0.1, -0.05) is 27.7 Å². The van der Waals surface area contributed by atoms with Crippen LogP contribution in [0.25, 0.3) is 0 Å². The first kappa shape index (κ1) is 15.8. The lowest BCUT2D eigenvalue weighted by Gasteiger charge is -2.30. The fourth-order valence-corrected chi connectivity index (χ4v) is 1.32. The maximum atomic E-state index is 9.89. The van der Waals surface area contributed by atoms with E-state index in [4.69, 9.17) is 14.2 Å². The molecule has 0 aliphatic carbocycles. The molecule has 4 heteroatoms. The van der Waals surface area contributed by atoms with E-state index in [2.05, 4.69) is 13.8 Å². The summed E-state index contributed by atoms with van der Waals surface area (Å²) in [5.41, 5.74) is 0. The van der Waals surface area contributed by atoms with E-state index in [0.717, 1.165) is 0 Å². The first-order valence-corrected chi connectivity index (χ1v) is 5.79. The zero-order valence-electron chi connectivity index (χ0n) is 11.3. The van der Waals surface area contributed by atoms with Gasteiger partial charge in [0.1, 0.15) is 6.10 Å². The molecule has 0 aromatic heterocycles. The Bertz CT molecular complexity index is 170. The molecule has 0 radical (unpaired) electrons. The van der Waals surface area contributed by atoms with E-state index in [9.17, 15) is 5.11 Å². The molecule has 4 nitrogen and oxygen atoms in total. The molecule has 0 saturated carbocycles. The molecule has 0 rings (SSSR count). The minimum Gasteiger partial charge on any atom is -0.388 e. The summed E-state index contributed by atoms with van der Waals surface area (Å²) in [5, 5.41) is 9.89. The molecule has 1 N–H and O–H groups in total. The Kier molecular flexibility index (Phi) is 7.93. The van der Waals surface area contributed by atoms with Crippen LogP contribution in [-0.4, -0.2) is 44.4 Å². The molecule has 98 valence electrons. The van der Waals surface area contributed by atoms with E-state index in [1.807, 2.05) is 13.8 Å². The third-order valence-electron chi connectivity index (χ3n) is 2.58. The van der Waals surface area contributed by atoms with E-state index < -0.39 is 12.4 Å². The maximum Gasteiger partial charge on any atom is 0.183 e. The zero-order chi connectivity index (χ0) is 12.7. The first-order valence-electron chi connectivity index (χ1n) is 5.79. The fraction of sp³-hybridized carbons (Fsp3) is 1.00. The van der Waals surface area contributed by atoms with Crippen LogP contribution in [0.1, 0.15) is 27.7 Å². The summed E-state index contributed by atoms with van der Waals surface area (Å²) in [7, 11) is 3.18. The average molecular weight is 234 g/mol. The second kappa shape index (κ2) is 8.01. The highest BCUT2D eigenvalue weighted by atomic mass is 16.7. The molecular weight excluding hydrogens is 208 g/mol. The van der Waals surface area contributed by atoms with Crippen molar-refractivity contribution in [2.24, 2.45) is 11.8 Å². The number of rotatable bonds is 8. The summed E-state index contributed by atoms with van der Waals surface area (Å²) >= 11 is 0. The van der Waals surface area contributed by atoms with Gasteiger partial charge in [-0.15, -0.1) is 0 Å². The van der Waals surface area contributed by atoms with Crippen LogP contribution in [0, 0.1) is 11.8 Å². The molecule has 0 heterocycles. The number of hydrogen-bond acceptors (Lipinski definition) is 4. The molecule has 16 heavy (non-hydrogen) atoms. The normalized spacial score (nSPS) is 17.8. The lowest BCUT2D eigenvalue weighted by molar-refractivity contribution is -0.226. The lowest BCUT2D eigenvalue weighted by Crippen LogP contribution is -2.40. The summed E-state index contributed by atoms with van der Waals surface area (Å²) in [5.74, 6) is 0.414. The monoisotopic (exact) mass is 234 g/mol. The Morgan fingerprint density at radius 1 is 1.00 bits per heavy atom. The number of ether oxygens (including phenoxy) is 3. The summed E-state index contributed by atoms with van der Waals surface area (Å²) in [4.78, 5) is 0. The van der Waals surface area contributed by atoms with Crippen molar-refractivity contribution in [1.29, 1.82) is 0 Å². The first-order chi connectivity index (χ1) is 7.43. The Labute approximate surface area is 98.9 Å². The van der Waals surface area contributed by atoms with Crippen molar-refractivity contribution < 1.29 is 19.3 Å². The van der Waals surface area contributed by atoms with Gasteiger partial charge >= 0.3 is 0 Å². The minimum absolute atomic E-state index is 0.0663. The topological polar surface area (TPSA) is 47.9 Å². The highest BCUT2D eigenvalue weighted by Crippen LogP contribution is 2.16. The van der Waals surface area contributed by atoms with Gasteiger partial charge in [-0.05, 0) is 11.8 Å². The molecule has 0 aliphatic heterocycles. The lowest BCUT2D eigenvalue weighted by atomic mass is 10.1. The molecule has 0 fully saturated rings. The van der Waals surface area contributed by atoms with Crippen LogP contribution in [0.5, 0.6) is 0 Å². The van der Waals surface area contributed by atoms with Crippen molar-refractivity contribution in [2.75, 3.05) is 20.8 Å². The largest absolute Gasteiger partial charge is 0.388 e. The van der Waals surface area contributed by atoms with Gasteiger partial charge in [0.15, 0.2) is 6.29 Å². The Balaban J connectivity index is 4.36. The molecule has 0 saturated heterocycles. The van der Waals surface area contributed by atoms with Gasteiger partial charge in [0.2, 0.25) is 0 Å². The number of methoxy groups -OCH3 is 2. The fourth-order valence-electron chi connectivity index (χ4n) is 1.32. The Hall–Kier alpha value is -0.160. The van der Waals surface area contributed by atoms with Crippen LogP contribution in [-0.2, 0) is 14.2 Å². The number of aliphatic hydroxyl groups is 1. The summed E-state index contributed by atoms with van der Waals surface area (Å²) in [6.45, 7) is 8.47. The smallest absolute Gasteiger partial charge is 0.183 e. The van der Waals surface area contributed by atoms with Crippen LogP contribution in [0.2, 0.25) is 0 Å². The summed E-state index contributed by atoms with van der Waals surface area (Å²) < 4.78 is 16.0. The van der Waals surface area contributed by atoms with E-state index in [1.165, 1.54) is 0 Å². The van der Waals surface area contributed by atoms with Crippen LogP contribution < -0.4 is 0 Å². The van der Waals surface area contributed by atoms with Crippen LogP contribution in [0.3, 0.4) is 0 Å². The van der Waals surface area contributed by atoms with Crippen molar-refractivity contribution in [3.63, 3.8) is 0 Å². The maximum absolute atomic E-state index is 9.89. The van der Waals surface area contributed by atoms with E-state index in [1.54, 1.807) is 14.2 Å². The molecule has 0 aromatic rings. The predicted octanol–water partition coefficient (Wildman–Crippen LogP) is 1.66. The van der Waals surface area contributed by atoms with Gasteiger partial charge in [0.05, 0.1) is 12.7 Å². The van der Waals surface area contributed by atoms with Gasteiger partial charge in [-0.3, -0.25) is 0 Å². The van der Waals surface area contributed by atoms with Gasteiger partial charge in [-0.25, -0.2) is 0 Å². The molecule has 0 amide bonds. The number of hydrogen-bond donors (Lipinski definition) is 1. The second-order valence-corrected chi connectivity index (χ2v) is 4.71. The summed E-state index contributed by atoms with van der Waals surface area (Å²) in [6.07, 6.45) is -1.28. The second-order valence-electron chi connectivity index (χ2n) is 4.71. The minimum atomic E-state index is -0.622. The number of aliphatic hydroxyl groups excluding tert-OH is 1. The van der Waals surface area contributed by atoms with Crippen molar-refractivity contribution in [3.05, 3.63) is 0 Å². The molecule has 0 aromatic carbocycles. The van der Waals surface area contributed by atoms with Crippen LogP contribution >= 0.6 is 0 Å². The van der Waals surface area contributed by atoms with Gasteiger partial charge in [0.25, 0.3) is 0 Å². The SMILES string of the molecule is COCC(OC(OC)C(O)C(C)C)C(C)C. The highest BCUT2D eigenvalue weighted by Gasteiger charge is 2.27. The highest BCUT2D eigenvalue weighted by molar-refractivity contribution is 4.69. The molecule has 3 atom stereocenters. The van der Waals surface area contributed by atoms with E-state index in [-0.39, 0.29) is 12.0 Å². The van der Waals surface area contributed by atoms with E-state index >= 15 is 0 Å². The molecule has 3 unspecified atom stereocenters. The molecular formula is C12H26O4. The Morgan fingerprint density at radius 3 is 1.88 bits per heavy atom. The van der Waals surface area contributed by atoms with Gasteiger partial charge in [0, 0.05) is 14.2 Å². The van der Waals surface area contributed by atoms with Gasteiger partial charge < -0.3 is 19.3 Å². The van der Waals surface area contributed by atoms with Crippen LogP contribution in [0.4, 0.5) is 0 Å². The third kappa shape index (κ3) is 5.25. The summed E-state index contributed by atoms with van der Waals surface area (Å²) in [6, 6.07) is 0. The van der Waals surface area contributed by atoms with Crippen molar-refractivity contribution >= 4 is 0 Å². The zero-order valence-corrected chi connectivity index (χ0v) is 11.3. The Morgan fingerprint density at radius 2 is 1.56 bits per heavy atom. The van der Waals surface area contributed by atoms with E-state index in [0.29, 0.717) is 12.5 Å². The third-order valence-corrected chi connectivity index (χ3v) is 2.58. The molecule has 0 bridgehead atoms. The van der Waals surface area contributed by atoms with Crippen LogP contribution in [0.15, 0.2) is 0 Å². The van der Waals surface area contributed by atoms with Crippen molar-refractivity contribution in [3.8, 4) is 0 Å². The standard InChI is InChI=1S/C12H26O4/c1-8(2)10(7-14-5)16-12(15-6)11(13)9(3)4/h8-13H,7H2,1-6H3. The van der Waals surface area contributed by atoms with Gasteiger partial charge in [-0.2, -0.15) is 0 Å². The van der Waals surface area contributed by atoms with Crippen molar-refractivity contribution in [2.45, 2.75) is 46.2 Å². The van der Waals surface area contributed by atoms with Crippen molar-refractivity contribution in [1.82, 2.24) is 0 Å². The predicted molar refractivity (Wildman–Crippen MR) is 63.2 cm³/mol. The molecule has 0 aliphatic rings. The quantitative estimate of drug-likeness (QED) is 0.649. The molecule has 0 spiro atoms. The average Bonchev–Trinajstić information content (AvgIpc) is 2.22.